The Balaban J connectivity index is 1.36. The van der Waals surface area contributed by atoms with Gasteiger partial charge in [0.15, 0.2) is 0 Å². The fourth-order valence-corrected chi connectivity index (χ4v) is 5.65. The molecule has 4 heterocycles. The van der Waals surface area contributed by atoms with E-state index in [0.29, 0.717) is 24.4 Å². The number of rotatable bonds is 6. The Bertz CT molecular complexity index is 1430. The third kappa shape index (κ3) is 5.46. The van der Waals surface area contributed by atoms with Gasteiger partial charge in [0.25, 0.3) is 5.91 Å². The molecule has 3 aliphatic heterocycles. The number of aryl methyl sites for hydroxylation is 1. The van der Waals surface area contributed by atoms with Crippen LogP contribution >= 0.6 is 0 Å². The van der Waals surface area contributed by atoms with Gasteiger partial charge in [0.1, 0.15) is 18.6 Å². The van der Waals surface area contributed by atoms with Gasteiger partial charge < -0.3 is 29.5 Å². The summed E-state index contributed by atoms with van der Waals surface area (Å²) >= 11 is 0. The number of hydrogen-bond donors (Lipinski definition) is 1. The molecular formula is C31H35N7O3. The number of pyridine rings is 1. The van der Waals surface area contributed by atoms with Crippen LogP contribution in [0.1, 0.15) is 27.5 Å². The number of aromatic nitrogens is 1. The first-order chi connectivity index (χ1) is 20.0. The molecule has 2 fully saturated rings. The van der Waals surface area contributed by atoms with E-state index in [1.807, 2.05) is 36.1 Å². The van der Waals surface area contributed by atoms with E-state index in [1.54, 1.807) is 35.8 Å². The van der Waals surface area contributed by atoms with Crippen LogP contribution in [0, 0.1) is 6.92 Å². The Kier molecular flexibility index (Phi) is 7.78. The summed E-state index contributed by atoms with van der Waals surface area (Å²) in [5.41, 5.74) is 5.72. The van der Waals surface area contributed by atoms with Crippen molar-refractivity contribution in [3.05, 3.63) is 77.6 Å². The minimum Gasteiger partial charge on any atom is -0.369 e. The molecule has 1 aromatic heterocycles. The molecule has 2 atom stereocenters. The summed E-state index contributed by atoms with van der Waals surface area (Å²) < 4.78 is 6.04. The Labute approximate surface area is 240 Å². The van der Waals surface area contributed by atoms with E-state index >= 15 is 0 Å². The molecule has 1 amide bonds. The molecular weight excluding hydrogens is 518 g/mol. The normalized spacial score (nSPS) is 20.9. The first-order valence-electron chi connectivity index (χ1n) is 14.1. The van der Waals surface area contributed by atoms with Crippen LogP contribution in [-0.4, -0.2) is 87.6 Å². The van der Waals surface area contributed by atoms with Gasteiger partial charge in [-0.2, -0.15) is 0 Å². The number of carbonyl (C=O) groups excluding carboxylic acids is 2. The average molecular weight is 554 g/mol. The Morgan fingerprint density at radius 1 is 1.07 bits per heavy atom. The van der Waals surface area contributed by atoms with Gasteiger partial charge in [-0.3, -0.25) is 14.7 Å². The van der Waals surface area contributed by atoms with Gasteiger partial charge in [0.05, 0.1) is 18.6 Å². The fraction of sp³-hybridized carbons (Fsp3) is 0.355. The predicted molar refractivity (Wildman–Crippen MR) is 160 cm³/mol. The van der Waals surface area contributed by atoms with Crippen molar-refractivity contribution in [2.24, 2.45) is 4.99 Å². The van der Waals surface area contributed by atoms with E-state index < -0.39 is 12.3 Å². The number of carbonyl (C=O) groups is 2. The highest BCUT2D eigenvalue weighted by atomic mass is 16.5. The number of ether oxygens (including phenoxy) is 1. The van der Waals surface area contributed by atoms with Crippen LogP contribution in [0.2, 0.25) is 0 Å². The molecule has 2 aromatic carbocycles. The monoisotopic (exact) mass is 553 g/mol. The lowest BCUT2D eigenvalue weighted by atomic mass is 9.99. The summed E-state index contributed by atoms with van der Waals surface area (Å²) in [5, 5.41) is 3.33. The van der Waals surface area contributed by atoms with Crippen molar-refractivity contribution in [2.75, 3.05) is 67.6 Å². The van der Waals surface area contributed by atoms with Crippen LogP contribution in [0.4, 0.5) is 22.7 Å². The zero-order valence-corrected chi connectivity index (χ0v) is 23.4. The predicted octanol–water partition coefficient (Wildman–Crippen LogP) is 3.15. The summed E-state index contributed by atoms with van der Waals surface area (Å²) in [6, 6.07) is 14.9. The van der Waals surface area contributed by atoms with E-state index in [1.165, 1.54) is 0 Å². The molecule has 3 aliphatic rings. The molecule has 10 heteroatoms. The number of anilines is 3. The van der Waals surface area contributed by atoms with Gasteiger partial charge in [-0.05, 0) is 62.0 Å². The highest BCUT2D eigenvalue weighted by Gasteiger charge is 2.32. The minimum atomic E-state index is -0.555. The fourth-order valence-electron chi connectivity index (χ4n) is 5.65. The maximum atomic E-state index is 13.8. The maximum Gasteiger partial charge on any atom is 0.260 e. The SMILES string of the molecule is Cc1ccc(N(C(=O)c2ccncc2)C2CNCCO2)cc1N1C=Nc2ccc(N3CCN(C)CC3)cc2C1C=O. The molecule has 3 aromatic rings. The lowest BCUT2D eigenvalue weighted by Gasteiger charge is -2.37. The van der Waals surface area contributed by atoms with Crippen molar-refractivity contribution in [3.8, 4) is 0 Å². The van der Waals surface area contributed by atoms with Crippen LogP contribution in [0.25, 0.3) is 0 Å². The number of aldehydes is 1. The van der Waals surface area contributed by atoms with Crippen LogP contribution in [0.5, 0.6) is 0 Å². The Morgan fingerprint density at radius 2 is 1.88 bits per heavy atom. The molecule has 2 saturated heterocycles. The quantitative estimate of drug-likeness (QED) is 0.466. The van der Waals surface area contributed by atoms with E-state index in [-0.39, 0.29) is 5.91 Å². The number of hydrogen-bond acceptors (Lipinski definition) is 9. The summed E-state index contributed by atoms with van der Waals surface area (Å²) in [6.45, 7) is 7.61. The smallest absolute Gasteiger partial charge is 0.260 e. The number of fused-ring (bicyclic) bond motifs is 1. The second-order valence-corrected chi connectivity index (χ2v) is 10.7. The molecule has 41 heavy (non-hydrogen) atoms. The zero-order chi connectivity index (χ0) is 28.3. The summed E-state index contributed by atoms with van der Waals surface area (Å²) in [6.07, 6.45) is 5.43. The van der Waals surface area contributed by atoms with Crippen LogP contribution < -0.4 is 20.0 Å². The van der Waals surface area contributed by atoms with Crippen molar-refractivity contribution >= 4 is 41.3 Å². The third-order valence-electron chi connectivity index (χ3n) is 8.04. The van der Waals surface area contributed by atoms with Crippen LogP contribution in [-0.2, 0) is 9.53 Å². The van der Waals surface area contributed by atoms with Crippen LogP contribution in [0.15, 0.2) is 65.9 Å². The standard InChI is InChI=1S/C31H35N7O3/c1-22-3-4-25(38(30-19-33-11-16-41-30)31(40)23-7-9-32-10-8-23)18-28(22)37-21-34-27-6-5-24(17-26(27)29(37)20-39)36-14-12-35(2)13-15-36/h3-10,17-18,20-21,29-30,33H,11-16,19H2,1-2H3. The molecule has 2 unspecified atom stereocenters. The number of amides is 1. The second-order valence-electron chi connectivity index (χ2n) is 10.7. The summed E-state index contributed by atoms with van der Waals surface area (Å²) in [5.74, 6) is -0.183. The molecule has 0 aliphatic carbocycles. The van der Waals surface area contributed by atoms with Crippen LogP contribution in [0.3, 0.4) is 0 Å². The number of nitrogens with zero attached hydrogens (tertiary/aromatic N) is 6. The van der Waals surface area contributed by atoms with Crippen molar-refractivity contribution in [1.82, 2.24) is 15.2 Å². The molecule has 0 radical (unpaired) electrons. The molecule has 1 N–H and O–H groups in total. The van der Waals surface area contributed by atoms with Gasteiger partial charge in [-0.1, -0.05) is 6.07 Å². The van der Waals surface area contributed by atoms with Gasteiger partial charge >= 0.3 is 0 Å². The molecule has 0 bridgehead atoms. The number of likely N-dealkylation sites (N-methyl/N-ethyl adjacent to an activating group) is 1. The van der Waals surface area contributed by atoms with E-state index in [0.717, 1.165) is 67.2 Å². The topological polar surface area (TPSA) is 93.6 Å². The van der Waals surface area contributed by atoms with Gasteiger partial charge in [-0.25, -0.2) is 4.99 Å². The number of benzene rings is 2. The average Bonchev–Trinajstić information content (AvgIpc) is 3.02. The van der Waals surface area contributed by atoms with Gasteiger partial charge in [0, 0.05) is 79.9 Å². The summed E-state index contributed by atoms with van der Waals surface area (Å²) in [7, 11) is 2.14. The number of aliphatic imine (C=N–C) groups is 1. The van der Waals surface area contributed by atoms with Gasteiger partial charge in [-0.15, -0.1) is 0 Å². The molecule has 0 saturated carbocycles. The highest BCUT2D eigenvalue weighted by Crippen LogP contribution is 2.39. The minimum absolute atomic E-state index is 0.183. The highest BCUT2D eigenvalue weighted by molar-refractivity contribution is 6.07. The van der Waals surface area contributed by atoms with E-state index in [9.17, 15) is 9.59 Å². The second kappa shape index (κ2) is 11.8. The maximum absolute atomic E-state index is 13.8. The van der Waals surface area contributed by atoms with E-state index in [2.05, 4.69) is 39.3 Å². The van der Waals surface area contributed by atoms with Crippen molar-refractivity contribution in [2.45, 2.75) is 19.2 Å². The van der Waals surface area contributed by atoms with Crippen molar-refractivity contribution < 1.29 is 14.3 Å². The largest absolute Gasteiger partial charge is 0.369 e. The van der Waals surface area contributed by atoms with Crippen molar-refractivity contribution in [3.63, 3.8) is 0 Å². The first kappa shape index (κ1) is 27.1. The lowest BCUT2D eigenvalue weighted by Crippen LogP contribution is -2.52. The Hall–Kier alpha value is -4.12. The molecule has 212 valence electrons. The third-order valence-corrected chi connectivity index (χ3v) is 8.04. The Morgan fingerprint density at radius 3 is 2.61 bits per heavy atom. The molecule has 0 spiro atoms. The number of morpholine rings is 1. The van der Waals surface area contributed by atoms with E-state index in [4.69, 9.17) is 9.73 Å². The summed E-state index contributed by atoms with van der Waals surface area (Å²) in [4.78, 5) is 43.5. The van der Waals surface area contributed by atoms with Gasteiger partial charge in [0.2, 0.25) is 0 Å². The zero-order valence-electron chi connectivity index (χ0n) is 23.4. The number of piperazine rings is 1. The van der Waals surface area contributed by atoms with Crippen molar-refractivity contribution in [1.29, 1.82) is 0 Å². The first-order valence-corrected chi connectivity index (χ1v) is 14.1. The molecule has 10 nitrogen and oxygen atoms in total. The lowest BCUT2D eigenvalue weighted by molar-refractivity contribution is -0.108. The molecule has 6 rings (SSSR count). The number of nitrogens with one attached hydrogen (secondary N) is 1.